The van der Waals surface area contributed by atoms with Gasteiger partial charge in [-0.05, 0) is 43.9 Å². The van der Waals surface area contributed by atoms with Crippen LogP contribution in [0, 0.1) is 0 Å². The molecule has 0 aliphatic rings. The fraction of sp³-hybridized carbons (Fsp3) is 0.545. The van der Waals surface area contributed by atoms with Crippen molar-refractivity contribution in [2.24, 2.45) is 0 Å². The highest BCUT2D eigenvalue weighted by Gasteiger charge is 1.83. The molecule has 0 nitrogen and oxygen atoms in total. The van der Waals surface area contributed by atoms with Crippen molar-refractivity contribution in [1.29, 1.82) is 0 Å². The van der Waals surface area contributed by atoms with Crippen LogP contribution in [0.15, 0.2) is 29.0 Å². The standard InChI is InChI=1S/C11H18/c1-5-7-11(6-2)9-8-10(3)4/h7,9H,5-6H2,1-4H3/b11-7+. The monoisotopic (exact) mass is 150 g/mol. The molecule has 0 aromatic carbocycles. The Balaban J connectivity index is 4.32. The average Bonchev–Trinajstić information content (AvgIpc) is 1.97. The van der Waals surface area contributed by atoms with Crippen LogP contribution in [0.3, 0.4) is 0 Å². The van der Waals surface area contributed by atoms with E-state index in [-0.39, 0.29) is 0 Å². The molecule has 0 aromatic rings. The number of hydrogen-bond acceptors (Lipinski definition) is 0. The molecule has 0 radical (unpaired) electrons. The van der Waals surface area contributed by atoms with Crippen molar-refractivity contribution in [3.05, 3.63) is 29.0 Å². The van der Waals surface area contributed by atoms with Crippen LogP contribution in [0.1, 0.15) is 40.5 Å². The van der Waals surface area contributed by atoms with E-state index in [0.29, 0.717) is 0 Å². The van der Waals surface area contributed by atoms with Gasteiger partial charge in [0.1, 0.15) is 0 Å². The molecule has 0 heterocycles. The average molecular weight is 150 g/mol. The first-order valence-electron chi connectivity index (χ1n) is 4.29. The summed E-state index contributed by atoms with van der Waals surface area (Å²) in [7, 11) is 0. The lowest BCUT2D eigenvalue weighted by atomic mass is 10.1. The Hall–Kier alpha value is -0.740. The van der Waals surface area contributed by atoms with Gasteiger partial charge in [0.15, 0.2) is 0 Å². The lowest BCUT2D eigenvalue weighted by Crippen LogP contribution is -1.72. The quantitative estimate of drug-likeness (QED) is 0.423. The zero-order valence-electron chi connectivity index (χ0n) is 8.07. The first-order valence-corrected chi connectivity index (χ1v) is 4.29. The van der Waals surface area contributed by atoms with Crippen molar-refractivity contribution in [1.82, 2.24) is 0 Å². The molecular weight excluding hydrogens is 132 g/mol. The normalized spacial score (nSPS) is 10.7. The van der Waals surface area contributed by atoms with Gasteiger partial charge >= 0.3 is 0 Å². The lowest BCUT2D eigenvalue weighted by Gasteiger charge is -1.92. The molecule has 62 valence electrons. The fourth-order valence-electron chi connectivity index (χ4n) is 0.805. The maximum Gasteiger partial charge on any atom is -0.0172 e. The summed E-state index contributed by atoms with van der Waals surface area (Å²) in [5, 5.41) is 0. The Bertz CT molecular complexity index is 184. The Kier molecular flexibility index (Phi) is 5.60. The van der Waals surface area contributed by atoms with Crippen LogP contribution in [0.2, 0.25) is 0 Å². The number of rotatable bonds is 3. The van der Waals surface area contributed by atoms with Crippen molar-refractivity contribution in [2.75, 3.05) is 0 Å². The van der Waals surface area contributed by atoms with Crippen LogP contribution < -0.4 is 0 Å². The van der Waals surface area contributed by atoms with E-state index < -0.39 is 0 Å². The van der Waals surface area contributed by atoms with Gasteiger partial charge in [0.2, 0.25) is 0 Å². The molecule has 0 saturated carbocycles. The Morgan fingerprint density at radius 3 is 2.27 bits per heavy atom. The summed E-state index contributed by atoms with van der Waals surface area (Å²) in [5.74, 6) is 0. The molecule has 0 fully saturated rings. The highest BCUT2D eigenvalue weighted by molar-refractivity contribution is 5.18. The minimum atomic E-state index is 1.11. The summed E-state index contributed by atoms with van der Waals surface area (Å²) in [5.41, 5.74) is 5.82. The Labute approximate surface area is 70.3 Å². The van der Waals surface area contributed by atoms with Crippen LogP contribution in [-0.2, 0) is 0 Å². The topological polar surface area (TPSA) is 0 Å². The predicted octanol–water partition coefficient (Wildman–Crippen LogP) is 3.85. The van der Waals surface area contributed by atoms with E-state index in [1.54, 1.807) is 0 Å². The number of allylic oxidation sites excluding steroid dienone is 3. The highest BCUT2D eigenvalue weighted by atomic mass is 13.9. The lowest BCUT2D eigenvalue weighted by molar-refractivity contribution is 1.10. The van der Waals surface area contributed by atoms with E-state index >= 15 is 0 Å². The van der Waals surface area contributed by atoms with Crippen LogP contribution in [0.4, 0.5) is 0 Å². The van der Waals surface area contributed by atoms with Crippen LogP contribution in [-0.4, -0.2) is 0 Å². The third-order valence-electron chi connectivity index (χ3n) is 1.42. The van der Waals surface area contributed by atoms with E-state index in [0.717, 1.165) is 12.8 Å². The van der Waals surface area contributed by atoms with Gasteiger partial charge in [0, 0.05) is 0 Å². The van der Waals surface area contributed by atoms with Gasteiger partial charge in [-0.3, -0.25) is 0 Å². The molecule has 0 N–H and O–H groups in total. The van der Waals surface area contributed by atoms with E-state index in [4.69, 9.17) is 0 Å². The minimum absolute atomic E-state index is 1.11. The van der Waals surface area contributed by atoms with E-state index in [2.05, 4.69) is 45.6 Å². The summed E-state index contributed by atoms with van der Waals surface area (Å²) in [6.07, 6.45) is 6.55. The molecule has 0 aromatic heterocycles. The summed E-state index contributed by atoms with van der Waals surface area (Å²) in [6, 6.07) is 0. The molecular formula is C11H18. The Morgan fingerprint density at radius 2 is 1.91 bits per heavy atom. The molecule has 0 aliphatic heterocycles. The first kappa shape index (κ1) is 10.3. The molecule has 11 heavy (non-hydrogen) atoms. The molecule has 0 rings (SSSR count). The second kappa shape index (κ2) is 6.00. The second-order valence-electron chi connectivity index (χ2n) is 2.83. The van der Waals surface area contributed by atoms with Crippen molar-refractivity contribution < 1.29 is 0 Å². The summed E-state index contributed by atoms with van der Waals surface area (Å²) >= 11 is 0. The molecule has 0 amide bonds. The van der Waals surface area contributed by atoms with Gasteiger partial charge in [-0.25, -0.2) is 0 Å². The summed E-state index contributed by atoms with van der Waals surface area (Å²) in [6.45, 7) is 8.46. The molecule has 0 atom stereocenters. The maximum atomic E-state index is 3.20. The van der Waals surface area contributed by atoms with Crippen molar-refractivity contribution in [3.8, 4) is 0 Å². The highest BCUT2D eigenvalue weighted by Crippen LogP contribution is 2.03. The number of hydrogen-bond donors (Lipinski definition) is 0. The molecule has 0 unspecified atom stereocenters. The largest absolute Gasteiger partial charge is 0.122 e. The summed E-state index contributed by atoms with van der Waals surface area (Å²) < 4.78 is 0. The van der Waals surface area contributed by atoms with Crippen LogP contribution in [0.25, 0.3) is 0 Å². The fourth-order valence-corrected chi connectivity index (χ4v) is 0.805. The summed E-state index contributed by atoms with van der Waals surface area (Å²) in [4.78, 5) is 0. The maximum absolute atomic E-state index is 3.20. The minimum Gasteiger partial charge on any atom is -0.122 e. The van der Waals surface area contributed by atoms with E-state index in [9.17, 15) is 0 Å². The van der Waals surface area contributed by atoms with Gasteiger partial charge < -0.3 is 0 Å². The van der Waals surface area contributed by atoms with E-state index in [1.807, 2.05) is 0 Å². The Morgan fingerprint density at radius 1 is 1.27 bits per heavy atom. The SMILES string of the molecule is CC/C=C(/C=C=C(C)C)CC. The first-order chi connectivity index (χ1) is 5.20. The van der Waals surface area contributed by atoms with Crippen LogP contribution >= 0.6 is 0 Å². The van der Waals surface area contributed by atoms with Gasteiger partial charge in [0.05, 0.1) is 0 Å². The van der Waals surface area contributed by atoms with Gasteiger partial charge in [-0.15, -0.1) is 5.73 Å². The third kappa shape index (κ3) is 5.69. The van der Waals surface area contributed by atoms with Crippen LogP contribution in [0.5, 0.6) is 0 Å². The molecule has 0 aliphatic carbocycles. The van der Waals surface area contributed by atoms with Crippen molar-refractivity contribution in [2.45, 2.75) is 40.5 Å². The molecule has 0 bridgehead atoms. The van der Waals surface area contributed by atoms with Gasteiger partial charge in [-0.2, -0.15) is 0 Å². The van der Waals surface area contributed by atoms with Crippen molar-refractivity contribution in [3.63, 3.8) is 0 Å². The molecule has 0 spiro atoms. The third-order valence-corrected chi connectivity index (χ3v) is 1.42. The van der Waals surface area contributed by atoms with Crippen molar-refractivity contribution >= 4 is 0 Å². The van der Waals surface area contributed by atoms with Gasteiger partial charge in [-0.1, -0.05) is 19.9 Å². The predicted molar refractivity (Wildman–Crippen MR) is 51.6 cm³/mol. The molecule has 0 saturated heterocycles. The smallest absolute Gasteiger partial charge is 0.0172 e. The van der Waals surface area contributed by atoms with Gasteiger partial charge in [0.25, 0.3) is 0 Å². The molecule has 0 heteroatoms. The van der Waals surface area contributed by atoms with E-state index in [1.165, 1.54) is 11.1 Å². The second-order valence-corrected chi connectivity index (χ2v) is 2.83. The zero-order valence-corrected chi connectivity index (χ0v) is 8.07. The zero-order chi connectivity index (χ0) is 8.69.